The molecule has 1 aromatic carbocycles. The van der Waals surface area contributed by atoms with Crippen LogP contribution in [0.5, 0.6) is 0 Å². The van der Waals surface area contributed by atoms with E-state index in [4.69, 9.17) is 9.72 Å². The molecule has 0 radical (unpaired) electrons. The van der Waals surface area contributed by atoms with Crippen molar-refractivity contribution in [1.82, 2.24) is 15.2 Å². The summed E-state index contributed by atoms with van der Waals surface area (Å²) in [5.41, 5.74) is 2.85. The molecule has 1 aliphatic carbocycles. The molecule has 5 heteroatoms. The minimum Gasteiger partial charge on any atom is -0.381 e. The summed E-state index contributed by atoms with van der Waals surface area (Å²) in [7, 11) is 3.93. The van der Waals surface area contributed by atoms with Gasteiger partial charge in [0.1, 0.15) is 0 Å². The first-order valence-electron chi connectivity index (χ1n) is 11.6. The molecule has 0 bridgehead atoms. The van der Waals surface area contributed by atoms with Gasteiger partial charge in [0, 0.05) is 24.9 Å². The largest absolute Gasteiger partial charge is 0.381 e. The lowest BCUT2D eigenvalue weighted by atomic mass is 9.68. The van der Waals surface area contributed by atoms with Crippen LogP contribution in [-0.2, 0) is 16.0 Å². The Morgan fingerprint density at radius 1 is 1.10 bits per heavy atom. The van der Waals surface area contributed by atoms with Crippen LogP contribution in [0.2, 0.25) is 0 Å². The van der Waals surface area contributed by atoms with Gasteiger partial charge in [-0.2, -0.15) is 0 Å². The molecule has 2 aromatic rings. The minimum absolute atomic E-state index is 0.226. The number of likely N-dealkylation sites (tertiary alicyclic amines) is 1. The summed E-state index contributed by atoms with van der Waals surface area (Å²) < 4.78 is 5.59. The van der Waals surface area contributed by atoms with E-state index in [0.29, 0.717) is 6.04 Å². The van der Waals surface area contributed by atoms with E-state index in [0.717, 1.165) is 74.9 Å². The summed E-state index contributed by atoms with van der Waals surface area (Å²) in [4.78, 5) is 20.6. The number of hydrogen-bond acceptors (Lipinski definition) is 4. The maximum Gasteiger partial charge on any atom is 0.226 e. The van der Waals surface area contributed by atoms with Crippen LogP contribution < -0.4 is 5.32 Å². The molecular formula is C26H35N3O2. The average Bonchev–Trinajstić information content (AvgIpc) is 2.82. The first kappa shape index (κ1) is 22.0. The van der Waals surface area contributed by atoms with Crippen molar-refractivity contribution in [3.05, 3.63) is 54.2 Å². The molecule has 5 nitrogen and oxygen atoms in total. The fraction of sp³-hybridized carbons (Fsp3) is 0.538. The van der Waals surface area contributed by atoms with Gasteiger partial charge < -0.3 is 15.0 Å². The maximum absolute atomic E-state index is 13.6. The molecule has 1 amide bonds. The number of nitrogens with zero attached hydrogens (tertiary/aromatic N) is 2. The highest BCUT2D eigenvalue weighted by atomic mass is 16.5. The van der Waals surface area contributed by atoms with E-state index in [1.807, 2.05) is 24.4 Å². The van der Waals surface area contributed by atoms with E-state index < -0.39 is 0 Å². The quantitative estimate of drug-likeness (QED) is 0.764. The van der Waals surface area contributed by atoms with Gasteiger partial charge in [-0.1, -0.05) is 36.4 Å². The maximum atomic E-state index is 13.6. The third-order valence-corrected chi connectivity index (χ3v) is 7.20. The molecule has 1 saturated heterocycles. The number of carbonyl (C=O) groups excluding carboxylic acids is 1. The van der Waals surface area contributed by atoms with E-state index in [1.165, 1.54) is 0 Å². The van der Waals surface area contributed by atoms with Crippen LogP contribution in [0.3, 0.4) is 0 Å². The van der Waals surface area contributed by atoms with Crippen LogP contribution in [0.1, 0.15) is 44.1 Å². The van der Waals surface area contributed by atoms with Gasteiger partial charge >= 0.3 is 0 Å². The Morgan fingerprint density at radius 3 is 2.42 bits per heavy atom. The number of hydrogen-bond donors (Lipinski definition) is 1. The SMILES string of the molecule is COC1CCC(Cc2ccc(-c3ccccc3)nc2)(C(=O)NC2CCN(C)CC2)CC1. The summed E-state index contributed by atoms with van der Waals surface area (Å²) in [5, 5.41) is 3.41. The molecule has 2 aliphatic rings. The smallest absolute Gasteiger partial charge is 0.226 e. The van der Waals surface area contributed by atoms with E-state index in [-0.39, 0.29) is 17.4 Å². The van der Waals surface area contributed by atoms with Crippen molar-refractivity contribution in [3.63, 3.8) is 0 Å². The van der Waals surface area contributed by atoms with Crippen molar-refractivity contribution < 1.29 is 9.53 Å². The van der Waals surface area contributed by atoms with Crippen molar-refractivity contribution in [2.24, 2.45) is 5.41 Å². The van der Waals surface area contributed by atoms with Crippen molar-refractivity contribution in [3.8, 4) is 11.3 Å². The van der Waals surface area contributed by atoms with Gasteiger partial charge in [0.2, 0.25) is 5.91 Å². The molecule has 1 N–H and O–H groups in total. The first-order valence-corrected chi connectivity index (χ1v) is 11.6. The summed E-state index contributed by atoms with van der Waals surface area (Å²) >= 11 is 0. The van der Waals surface area contributed by atoms with Crippen LogP contribution >= 0.6 is 0 Å². The van der Waals surface area contributed by atoms with Crippen LogP contribution in [0.4, 0.5) is 0 Å². The van der Waals surface area contributed by atoms with Gasteiger partial charge in [-0.05, 0) is 76.7 Å². The molecule has 31 heavy (non-hydrogen) atoms. The number of carbonyl (C=O) groups is 1. The number of aromatic nitrogens is 1. The Balaban J connectivity index is 1.49. The first-order chi connectivity index (χ1) is 15.1. The normalized spacial score (nSPS) is 25.3. The number of benzene rings is 1. The fourth-order valence-electron chi connectivity index (χ4n) is 5.05. The Morgan fingerprint density at radius 2 is 1.81 bits per heavy atom. The predicted octanol–water partition coefficient (Wildman–Crippen LogP) is 4.08. The molecule has 1 aliphatic heterocycles. The Hall–Kier alpha value is -2.24. The number of methoxy groups -OCH3 is 1. The average molecular weight is 422 g/mol. The zero-order valence-electron chi connectivity index (χ0n) is 18.8. The number of pyridine rings is 1. The third-order valence-electron chi connectivity index (χ3n) is 7.20. The monoisotopic (exact) mass is 421 g/mol. The molecule has 2 heterocycles. The third kappa shape index (κ3) is 5.34. The lowest BCUT2D eigenvalue weighted by Gasteiger charge is -2.40. The Labute approximate surface area is 186 Å². The second kappa shape index (κ2) is 9.92. The Bertz CT molecular complexity index is 837. The van der Waals surface area contributed by atoms with Gasteiger partial charge in [0.05, 0.1) is 17.2 Å². The highest BCUT2D eigenvalue weighted by Gasteiger charge is 2.42. The molecule has 1 saturated carbocycles. The highest BCUT2D eigenvalue weighted by Crippen LogP contribution is 2.41. The number of rotatable bonds is 6. The van der Waals surface area contributed by atoms with Gasteiger partial charge in [-0.15, -0.1) is 0 Å². The van der Waals surface area contributed by atoms with E-state index in [9.17, 15) is 4.79 Å². The molecule has 0 unspecified atom stereocenters. The topological polar surface area (TPSA) is 54.5 Å². The number of ether oxygens (including phenoxy) is 1. The zero-order chi connectivity index (χ0) is 21.7. The number of amides is 1. The lowest BCUT2D eigenvalue weighted by molar-refractivity contribution is -0.135. The number of nitrogens with one attached hydrogen (secondary N) is 1. The molecule has 4 rings (SSSR count). The van der Waals surface area contributed by atoms with Gasteiger partial charge in [-0.25, -0.2) is 0 Å². The van der Waals surface area contributed by atoms with Crippen molar-refractivity contribution in [1.29, 1.82) is 0 Å². The van der Waals surface area contributed by atoms with E-state index in [2.05, 4.69) is 41.5 Å². The van der Waals surface area contributed by atoms with Gasteiger partial charge in [-0.3, -0.25) is 9.78 Å². The number of piperidine rings is 1. The summed E-state index contributed by atoms with van der Waals surface area (Å²) in [5.74, 6) is 0.226. The van der Waals surface area contributed by atoms with Crippen molar-refractivity contribution in [2.45, 2.75) is 57.1 Å². The zero-order valence-corrected chi connectivity index (χ0v) is 18.8. The molecule has 0 spiro atoms. The van der Waals surface area contributed by atoms with Gasteiger partial charge in [0.15, 0.2) is 0 Å². The standard InChI is InChI=1S/C26H35N3O2/c1-29-16-12-22(13-17-29)28-25(30)26(14-10-23(31-2)11-15-26)18-20-8-9-24(27-19-20)21-6-4-3-5-7-21/h3-9,19,22-23H,10-18H2,1-2H3,(H,28,30). The molecule has 1 aromatic heterocycles. The Kier molecular flexibility index (Phi) is 7.03. The van der Waals surface area contributed by atoms with E-state index >= 15 is 0 Å². The predicted molar refractivity (Wildman–Crippen MR) is 124 cm³/mol. The van der Waals surface area contributed by atoms with Crippen LogP contribution in [0.25, 0.3) is 11.3 Å². The fourth-order valence-corrected chi connectivity index (χ4v) is 5.05. The van der Waals surface area contributed by atoms with E-state index in [1.54, 1.807) is 7.11 Å². The molecular weight excluding hydrogens is 386 g/mol. The molecule has 166 valence electrons. The van der Waals surface area contributed by atoms with Gasteiger partial charge in [0.25, 0.3) is 0 Å². The second-order valence-electron chi connectivity index (χ2n) is 9.36. The lowest BCUT2D eigenvalue weighted by Crippen LogP contribution is -2.51. The van der Waals surface area contributed by atoms with Crippen molar-refractivity contribution >= 4 is 5.91 Å². The summed E-state index contributed by atoms with van der Waals surface area (Å²) in [6.45, 7) is 2.10. The molecule has 2 fully saturated rings. The minimum atomic E-state index is -0.367. The van der Waals surface area contributed by atoms with Crippen molar-refractivity contribution in [2.75, 3.05) is 27.2 Å². The second-order valence-corrected chi connectivity index (χ2v) is 9.36. The summed E-state index contributed by atoms with van der Waals surface area (Å²) in [6.07, 6.45) is 8.63. The van der Waals surface area contributed by atoms with Crippen LogP contribution in [-0.4, -0.2) is 55.2 Å². The molecule has 0 atom stereocenters. The summed E-state index contributed by atoms with van der Waals surface area (Å²) in [6, 6.07) is 14.7. The van der Waals surface area contributed by atoms with Crippen LogP contribution in [0, 0.1) is 5.41 Å². The van der Waals surface area contributed by atoms with Crippen LogP contribution in [0.15, 0.2) is 48.7 Å². The highest BCUT2D eigenvalue weighted by molar-refractivity contribution is 5.83.